The van der Waals surface area contributed by atoms with E-state index >= 15 is 0 Å². The van der Waals surface area contributed by atoms with Gasteiger partial charge >= 0.3 is 0 Å². The number of amides is 1. The van der Waals surface area contributed by atoms with Gasteiger partial charge in [0.15, 0.2) is 11.5 Å². The van der Waals surface area contributed by atoms with Crippen molar-refractivity contribution in [2.24, 2.45) is 5.10 Å². The van der Waals surface area contributed by atoms with Crippen molar-refractivity contribution in [1.29, 1.82) is 0 Å². The normalized spacial score (nSPS) is 10.8. The number of aromatic hydroxyl groups is 1. The monoisotopic (exact) mass is 428 g/mol. The molecule has 0 saturated heterocycles. The van der Waals surface area contributed by atoms with Crippen LogP contribution in [0.2, 0.25) is 5.02 Å². The highest BCUT2D eigenvalue weighted by Gasteiger charge is 2.07. The Morgan fingerprint density at radius 1 is 1.42 bits per heavy atom. The molecule has 2 N–H and O–H groups in total. The molecule has 0 heterocycles. The largest absolute Gasteiger partial charge is 0.503 e. The summed E-state index contributed by atoms with van der Waals surface area (Å²) in [4.78, 5) is 12.7. The topological polar surface area (TPSA) is 70.9 Å². The third-order valence-corrected chi connectivity index (χ3v) is 4.73. The van der Waals surface area contributed by atoms with Crippen molar-refractivity contribution in [3.63, 3.8) is 0 Å². The molecule has 0 aromatic heterocycles. The number of rotatable bonds is 6. The van der Waals surface area contributed by atoms with Crippen LogP contribution in [0, 0.1) is 0 Å². The fourth-order valence-corrected chi connectivity index (χ4v) is 2.99. The zero-order valence-corrected chi connectivity index (χ0v) is 15.8. The molecule has 0 atom stereocenters. The van der Waals surface area contributed by atoms with Crippen LogP contribution in [-0.4, -0.2) is 30.1 Å². The van der Waals surface area contributed by atoms with E-state index in [9.17, 15) is 9.90 Å². The summed E-state index contributed by atoms with van der Waals surface area (Å²) in [5.41, 5.74) is 3.12. The lowest BCUT2D eigenvalue weighted by Crippen LogP contribution is -2.19. The van der Waals surface area contributed by atoms with Crippen LogP contribution in [0.1, 0.15) is 5.56 Å². The summed E-state index contributed by atoms with van der Waals surface area (Å²) in [5.74, 6) is 0.339. The maximum Gasteiger partial charge on any atom is 0.250 e. The van der Waals surface area contributed by atoms with Crippen molar-refractivity contribution in [3.05, 3.63) is 51.5 Å². The van der Waals surface area contributed by atoms with Crippen LogP contribution in [0.5, 0.6) is 11.5 Å². The maximum atomic E-state index is 11.8. The summed E-state index contributed by atoms with van der Waals surface area (Å²) in [5, 5.41) is 14.3. The fourth-order valence-electron chi connectivity index (χ4n) is 1.71. The van der Waals surface area contributed by atoms with Crippen LogP contribution in [0.15, 0.2) is 50.9 Å². The van der Waals surface area contributed by atoms with Gasteiger partial charge in [-0.2, -0.15) is 5.10 Å². The van der Waals surface area contributed by atoms with Gasteiger partial charge in [-0.1, -0.05) is 11.6 Å². The number of nitrogens with one attached hydrogen (secondary N) is 1. The van der Waals surface area contributed by atoms with Crippen molar-refractivity contribution in [2.45, 2.75) is 4.90 Å². The van der Waals surface area contributed by atoms with Crippen LogP contribution in [0.4, 0.5) is 0 Å². The number of hydrogen-bond acceptors (Lipinski definition) is 5. The van der Waals surface area contributed by atoms with Gasteiger partial charge in [-0.15, -0.1) is 11.8 Å². The van der Waals surface area contributed by atoms with Gasteiger partial charge in [-0.25, -0.2) is 5.43 Å². The number of phenols is 1. The van der Waals surface area contributed by atoms with Gasteiger partial charge in [-0.3, -0.25) is 4.79 Å². The highest BCUT2D eigenvalue weighted by atomic mass is 79.9. The second-order valence-corrected chi connectivity index (χ2v) is 6.93. The summed E-state index contributed by atoms with van der Waals surface area (Å²) >= 11 is 10.4. The van der Waals surface area contributed by atoms with Crippen molar-refractivity contribution >= 4 is 51.4 Å². The Kier molecular flexibility index (Phi) is 6.96. The van der Waals surface area contributed by atoms with E-state index in [0.717, 1.165) is 4.90 Å². The summed E-state index contributed by atoms with van der Waals surface area (Å²) in [6.07, 6.45) is 1.47. The van der Waals surface area contributed by atoms with Crippen molar-refractivity contribution < 1.29 is 14.6 Å². The van der Waals surface area contributed by atoms with E-state index in [1.54, 1.807) is 24.3 Å². The van der Waals surface area contributed by atoms with E-state index in [-0.39, 0.29) is 17.4 Å². The molecule has 0 fully saturated rings. The first-order valence-electron chi connectivity index (χ1n) is 6.76. The second kappa shape index (κ2) is 8.96. The summed E-state index contributed by atoms with van der Waals surface area (Å²) < 4.78 is 5.53. The van der Waals surface area contributed by atoms with E-state index < -0.39 is 0 Å². The smallest absolute Gasteiger partial charge is 0.250 e. The minimum absolute atomic E-state index is 0.0121. The lowest BCUT2D eigenvalue weighted by Gasteiger charge is -2.06. The van der Waals surface area contributed by atoms with Crippen LogP contribution < -0.4 is 10.2 Å². The van der Waals surface area contributed by atoms with Gasteiger partial charge in [0, 0.05) is 9.92 Å². The number of nitrogens with zero attached hydrogens (tertiary/aromatic N) is 1. The van der Waals surface area contributed by atoms with Gasteiger partial charge in [0.05, 0.1) is 23.5 Å². The van der Waals surface area contributed by atoms with E-state index in [1.165, 1.54) is 25.1 Å². The van der Waals surface area contributed by atoms with E-state index in [2.05, 4.69) is 26.5 Å². The van der Waals surface area contributed by atoms with Crippen LogP contribution in [0.25, 0.3) is 0 Å². The molecule has 126 valence electrons. The number of benzene rings is 2. The Hall–Kier alpha value is -1.70. The highest BCUT2D eigenvalue weighted by molar-refractivity contribution is 9.10. The van der Waals surface area contributed by atoms with Crippen LogP contribution in [-0.2, 0) is 4.79 Å². The molecule has 24 heavy (non-hydrogen) atoms. The van der Waals surface area contributed by atoms with Crippen LogP contribution >= 0.6 is 39.3 Å². The number of phenolic OH excluding ortho intramolecular Hbond substituents is 1. The molecule has 0 aliphatic heterocycles. The molecule has 1 amide bonds. The summed E-state index contributed by atoms with van der Waals surface area (Å²) in [6.45, 7) is 0. The standard InChI is InChI=1S/C16H14BrClN2O3S/c1-23-14-7-10(6-13(17)16(14)22)8-19-20-15(21)9-24-12-4-2-11(18)3-5-12/h2-8,22H,9H2,1H3,(H,20,21)/b19-8-. The number of thioether (sulfide) groups is 1. The molecule has 0 saturated carbocycles. The lowest BCUT2D eigenvalue weighted by atomic mass is 10.2. The van der Waals surface area contributed by atoms with E-state index in [1.807, 2.05) is 12.1 Å². The quantitative estimate of drug-likeness (QED) is 0.413. The average molecular weight is 430 g/mol. The molecule has 0 aliphatic rings. The van der Waals surface area contributed by atoms with Gasteiger partial charge < -0.3 is 9.84 Å². The molecule has 2 aromatic carbocycles. The van der Waals surface area contributed by atoms with E-state index in [4.69, 9.17) is 16.3 Å². The zero-order valence-electron chi connectivity index (χ0n) is 12.6. The highest BCUT2D eigenvalue weighted by Crippen LogP contribution is 2.34. The zero-order chi connectivity index (χ0) is 17.5. The molecule has 5 nitrogen and oxygen atoms in total. The Morgan fingerprint density at radius 3 is 2.79 bits per heavy atom. The van der Waals surface area contributed by atoms with Gasteiger partial charge in [0.1, 0.15) is 0 Å². The predicted molar refractivity (Wildman–Crippen MR) is 100 cm³/mol. The number of hydrogen-bond donors (Lipinski definition) is 2. The minimum Gasteiger partial charge on any atom is -0.503 e. The molecule has 0 spiro atoms. The Balaban J connectivity index is 1.88. The number of ether oxygens (including phenoxy) is 1. The Bertz CT molecular complexity index is 754. The SMILES string of the molecule is COc1cc(/C=N\NC(=O)CSc2ccc(Cl)cc2)cc(Br)c1O. The first kappa shape index (κ1) is 18.6. The molecule has 2 rings (SSSR count). The molecule has 0 bridgehead atoms. The maximum absolute atomic E-state index is 11.8. The minimum atomic E-state index is -0.226. The number of halogens is 2. The molecule has 0 radical (unpaired) electrons. The van der Waals surface area contributed by atoms with Gasteiger partial charge in [-0.05, 0) is 57.9 Å². The molecule has 8 heteroatoms. The molecule has 0 aliphatic carbocycles. The van der Waals surface area contributed by atoms with Crippen LogP contribution in [0.3, 0.4) is 0 Å². The molecule has 2 aromatic rings. The predicted octanol–water partition coefficient (Wildman–Crippen LogP) is 4.06. The van der Waals surface area contributed by atoms with Crippen molar-refractivity contribution in [2.75, 3.05) is 12.9 Å². The second-order valence-electron chi connectivity index (χ2n) is 4.59. The first-order valence-corrected chi connectivity index (χ1v) is 8.92. The number of carbonyl (C=O) groups is 1. The van der Waals surface area contributed by atoms with Crippen molar-refractivity contribution in [3.8, 4) is 11.5 Å². The lowest BCUT2D eigenvalue weighted by molar-refractivity contribution is -0.118. The number of methoxy groups -OCH3 is 1. The molecular weight excluding hydrogens is 416 g/mol. The van der Waals surface area contributed by atoms with Gasteiger partial charge in [0.25, 0.3) is 0 Å². The fraction of sp³-hybridized carbons (Fsp3) is 0.125. The Labute approximate surface area is 157 Å². The number of hydrazone groups is 1. The van der Waals surface area contributed by atoms with E-state index in [0.29, 0.717) is 20.8 Å². The summed E-state index contributed by atoms with van der Waals surface area (Å²) in [6, 6.07) is 10.5. The average Bonchev–Trinajstić information content (AvgIpc) is 2.57. The number of carbonyl (C=O) groups excluding carboxylic acids is 1. The third-order valence-electron chi connectivity index (χ3n) is 2.86. The first-order chi connectivity index (χ1) is 11.5. The molecule has 0 unspecified atom stereocenters. The van der Waals surface area contributed by atoms with Gasteiger partial charge in [0.2, 0.25) is 5.91 Å². The summed E-state index contributed by atoms with van der Waals surface area (Å²) in [7, 11) is 1.46. The van der Waals surface area contributed by atoms with Crippen molar-refractivity contribution in [1.82, 2.24) is 5.43 Å². The Morgan fingerprint density at radius 2 is 2.12 bits per heavy atom. The molecular formula is C16H14BrClN2O3S. The third kappa shape index (κ3) is 5.43.